The van der Waals surface area contributed by atoms with Crippen molar-refractivity contribution >= 4 is 12.2 Å². The zero-order valence-corrected chi connectivity index (χ0v) is 30.4. The van der Waals surface area contributed by atoms with E-state index in [4.69, 9.17) is 18.9 Å². The molecule has 0 aromatic heterocycles. The lowest BCUT2D eigenvalue weighted by atomic mass is 9.92. The normalized spacial score (nSPS) is 29.7. The Morgan fingerprint density at radius 2 is 1.41 bits per heavy atom. The third-order valence-electron chi connectivity index (χ3n) is 11.4. The van der Waals surface area contributed by atoms with Crippen LogP contribution in [-0.2, 0) is 25.6 Å². The average Bonchev–Trinajstić information content (AvgIpc) is 3.93. The Bertz CT molecular complexity index is 1170. The maximum atomic E-state index is 12.6. The topological polar surface area (TPSA) is 84.0 Å². The van der Waals surface area contributed by atoms with Gasteiger partial charge in [-0.15, -0.1) is 0 Å². The van der Waals surface area contributed by atoms with E-state index >= 15 is 0 Å². The summed E-state index contributed by atoms with van der Waals surface area (Å²) in [7, 11) is 0. The van der Waals surface area contributed by atoms with Gasteiger partial charge in [-0.2, -0.15) is 0 Å². The van der Waals surface area contributed by atoms with Crippen molar-refractivity contribution in [2.24, 2.45) is 11.8 Å². The SMILES string of the molecule is CC(C)(C)OC(=O)N1CC2CC1CC2OCCN1CCCC1.O=C(OCc1ccccc1)N1C2CCC1CC(COCCN1CCCC1)C2. The number of piperidine rings is 2. The van der Waals surface area contributed by atoms with Crippen molar-refractivity contribution in [3.8, 4) is 0 Å². The first kappa shape index (κ1) is 36.4. The number of amides is 2. The molecule has 6 fully saturated rings. The molecule has 1 aromatic carbocycles. The summed E-state index contributed by atoms with van der Waals surface area (Å²) in [5.74, 6) is 1.08. The average molecular weight is 683 g/mol. The first-order valence-corrected chi connectivity index (χ1v) is 19.3. The fraction of sp³-hybridized carbons (Fsp3) is 0.795. The molecule has 274 valence electrons. The van der Waals surface area contributed by atoms with Crippen LogP contribution in [0.1, 0.15) is 90.5 Å². The van der Waals surface area contributed by atoms with Gasteiger partial charge in [-0.1, -0.05) is 30.3 Å². The molecule has 5 unspecified atom stereocenters. The summed E-state index contributed by atoms with van der Waals surface area (Å²) in [5.41, 5.74) is 0.629. The lowest BCUT2D eigenvalue weighted by molar-refractivity contribution is -0.0192. The summed E-state index contributed by atoms with van der Waals surface area (Å²) in [6.07, 6.45) is 11.8. The van der Waals surface area contributed by atoms with Crippen LogP contribution in [0.4, 0.5) is 9.59 Å². The second-order valence-corrected chi connectivity index (χ2v) is 16.3. The first-order valence-electron chi connectivity index (χ1n) is 19.3. The molecule has 4 bridgehead atoms. The molecule has 0 spiro atoms. The van der Waals surface area contributed by atoms with Crippen molar-refractivity contribution in [2.75, 3.05) is 65.6 Å². The minimum atomic E-state index is -0.412. The fourth-order valence-electron chi connectivity index (χ4n) is 8.96. The Morgan fingerprint density at radius 3 is 2.00 bits per heavy atom. The molecule has 5 atom stereocenters. The molecule has 1 aromatic rings. The van der Waals surface area contributed by atoms with Gasteiger partial charge in [0.15, 0.2) is 0 Å². The van der Waals surface area contributed by atoms with Crippen molar-refractivity contribution in [1.29, 1.82) is 0 Å². The predicted octanol–water partition coefficient (Wildman–Crippen LogP) is 6.18. The molecule has 1 aliphatic carbocycles. The van der Waals surface area contributed by atoms with E-state index in [9.17, 15) is 9.59 Å². The first-order chi connectivity index (χ1) is 23.7. The van der Waals surface area contributed by atoms with Crippen LogP contribution in [0.2, 0.25) is 0 Å². The van der Waals surface area contributed by atoms with Gasteiger partial charge in [0, 0.05) is 50.3 Å². The monoisotopic (exact) mass is 682 g/mol. The number of rotatable bonds is 11. The second kappa shape index (κ2) is 17.2. The van der Waals surface area contributed by atoms with Crippen LogP contribution in [0.15, 0.2) is 30.3 Å². The Kier molecular flexibility index (Phi) is 12.8. The molecule has 1 saturated carbocycles. The molecular weight excluding hydrogens is 620 g/mol. The van der Waals surface area contributed by atoms with Crippen molar-refractivity contribution in [1.82, 2.24) is 19.6 Å². The minimum absolute atomic E-state index is 0.139. The van der Waals surface area contributed by atoms with E-state index in [2.05, 4.69) is 9.80 Å². The number of nitrogens with zero attached hydrogens (tertiary/aromatic N) is 4. The number of likely N-dealkylation sites (tertiary alicyclic amines) is 3. The highest BCUT2D eigenvalue weighted by molar-refractivity contribution is 5.69. The number of hydrogen-bond donors (Lipinski definition) is 0. The van der Waals surface area contributed by atoms with Crippen LogP contribution < -0.4 is 0 Å². The van der Waals surface area contributed by atoms with E-state index in [-0.39, 0.29) is 12.2 Å². The van der Waals surface area contributed by atoms with Crippen LogP contribution in [0.5, 0.6) is 0 Å². The van der Waals surface area contributed by atoms with E-state index in [1.165, 1.54) is 51.9 Å². The standard InChI is InChI=1S/C22H32N2O3.C17H30N2O3/c25-22(27-17-18-6-2-1-3-7-18)24-20-8-9-21(24)15-19(14-20)16-26-13-12-23-10-4-5-11-23;1-17(2,3)22-16(20)19-12-13-10-14(19)11-15(13)21-9-8-18-6-4-5-7-18/h1-3,6-7,19-21H,4-5,8-17H2;13-15H,4-12H2,1-3H3. The fourth-order valence-corrected chi connectivity index (χ4v) is 8.96. The zero-order valence-electron chi connectivity index (χ0n) is 30.4. The Balaban J connectivity index is 0.000000174. The Labute approximate surface area is 294 Å². The van der Waals surface area contributed by atoms with Gasteiger partial charge in [0.2, 0.25) is 0 Å². The lowest BCUT2D eigenvalue weighted by Gasteiger charge is -2.38. The number of carbonyl (C=O) groups is 2. The van der Waals surface area contributed by atoms with Crippen LogP contribution in [-0.4, -0.2) is 127 Å². The number of hydrogen-bond acceptors (Lipinski definition) is 8. The summed E-state index contributed by atoms with van der Waals surface area (Å²) >= 11 is 0. The second-order valence-electron chi connectivity index (χ2n) is 16.3. The van der Waals surface area contributed by atoms with Crippen LogP contribution in [0.3, 0.4) is 0 Å². The van der Waals surface area contributed by atoms with Gasteiger partial charge in [-0.3, -0.25) is 0 Å². The maximum absolute atomic E-state index is 12.6. The van der Waals surface area contributed by atoms with E-state index in [0.29, 0.717) is 42.7 Å². The van der Waals surface area contributed by atoms with Crippen LogP contribution >= 0.6 is 0 Å². The number of fused-ring (bicyclic) bond motifs is 4. The van der Waals surface area contributed by atoms with Gasteiger partial charge >= 0.3 is 12.2 Å². The molecule has 49 heavy (non-hydrogen) atoms. The molecule has 0 N–H and O–H groups in total. The van der Waals surface area contributed by atoms with Gasteiger partial charge in [0.05, 0.1) is 19.3 Å². The zero-order chi connectivity index (χ0) is 34.2. The summed E-state index contributed by atoms with van der Waals surface area (Å²) < 4.78 is 23.2. The van der Waals surface area contributed by atoms with E-state index in [1.54, 1.807) is 0 Å². The smallest absolute Gasteiger partial charge is 0.410 e. The third-order valence-corrected chi connectivity index (χ3v) is 11.4. The van der Waals surface area contributed by atoms with Gasteiger partial charge in [-0.25, -0.2) is 9.59 Å². The summed E-state index contributed by atoms with van der Waals surface area (Å²) in [6, 6.07) is 10.9. The molecular formula is C39H62N4O6. The van der Waals surface area contributed by atoms with Crippen LogP contribution in [0, 0.1) is 11.8 Å². The summed E-state index contributed by atoms with van der Waals surface area (Å²) in [6.45, 7) is 16.5. The van der Waals surface area contributed by atoms with Crippen LogP contribution in [0.25, 0.3) is 0 Å². The number of ether oxygens (including phenoxy) is 4. The van der Waals surface area contributed by atoms with Crippen molar-refractivity contribution in [3.63, 3.8) is 0 Å². The van der Waals surface area contributed by atoms with Crippen molar-refractivity contribution in [2.45, 2.75) is 121 Å². The molecule has 6 aliphatic rings. The molecule has 5 aliphatic heterocycles. The molecule has 10 heteroatoms. The Hall–Kier alpha value is -2.40. The third kappa shape index (κ3) is 10.3. The van der Waals surface area contributed by atoms with Gasteiger partial charge in [0.25, 0.3) is 0 Å². The molecule has 2 amide bonds. The highest BCUT2D eigenvalue weighted by atomic mass is 16.6. The van der Waals surface area contributed by atoms with Crippen molar-refractivity contribution < 1.29 is 28.5 Å². The van der Waals surface area contributed by atoms with E-state index in [0.717, 1.165) is 83.5 Å². The Morgan fingerprint density at radius 1 is 0.776 bits per heavy atom. The molecule has 10 nitrogen and oxygen atoms in total. The van der Waals surface area contributed by atoms with Gasteiger partial charge < -0.3 is 38.5 Å². The summed E-state index contributed by atoms with van der Waals surface area (Å²) in [5, 5.41) is 0. The minimum Gasteiger partial charge on any atom is -0.445 e. The lowest BCUT2D eigenvalue weighted by Crippen LogP contribution is -2.47. The molecule has 5 saturated heterocycles. The van der Waals surface area contributed by atoms with E-state index < -0.39 is 5.60 Å². The highest BCUT2D eigenvalue weighted by Crippen LogP contribution is 2.41. The highest BCUT2D eigenvalue weighted by Gasteiger charge is 2.48. The number of carbonyl (C=O) groups excluding carboxylic acids is 2. The molecule has 0 radical (unpaired) electrons. The van der Waals surface area contributed by atoms with Gasteiger partial charge in [-0.05, 0) is 123 Å². The summed E-state index contributed by atoms with van der Waals surface area (Å²) in [4.78, 5) is 33.7. The molecule has 5 heterocycles. The molecule has 7 rings (SSSR count). The number of benzene rings is 1. The quantitative estimate of drug-likeness (QED) is 0.256. The van der Waals surface area contributed by atoms with Gasteiger partial charge in [0.1, 0.15) is 12.2 Å². The van der Waals surface area contributed by atoms with E-state index in [1.807, 2.05) is 60.9 Å². The predicted molar refractivity (Wildman–Crippen MR) is 189 cm³/mol. The maximum Gasteiger partial charge on any atom is 0.410 e. The largest absolute Gasteiger partial charge is 0.445 e. The van der Waals surface area contributed by atoms with Crippen molar-refractivity contribution in [3.05, 3.63) is 35.9 Å².